The van der Waals surface area contributed by atoms with Crippen LogP contribution in [0.5, 0.6) is 5.75 Å². The first-order valence-corrected chi connectivity index (χ1v) is 5.27. The van der Waals surface area contributed by atoms with Crippen LogP contribution in [0.2, 0.25) is 0 Å². The highest BCUT2D eigenvalue weighted by atomic mass is 19.3. The van der Waals surface area contributed by atoms with Gasteiger partial charge in [0.15, 0.2) is 5.75 Å². The van der Waals surface area contributed by atoms with Gasteiger partial charge < -0.3 is 14.6 Å². The van der Waals surface area contributed by atoms with Crippen molar-refractivity contribution in [1.82, 2.24) is 9.78 Å². The largest absolute Gasteiger partial charge is 0.493 e. The maximum Gasteiger partial charge on any atom is 0.330 e. The maximum atomic E-state index is 12.6. The number of aromatic nitrogens is 2. The molecule has 1 aromatic rings. The number of ether oxygens (including phenoxy) is 2. The lowest BCUT2D eigenvalue weighted by Crippen LogP contribution is -2.33. The van der Waals surface area contributed by atoms with Gasteiger partial charge in [-0.2, -0.15) is 13.9 Å². The van der Waals surface area contributed by atoms with E-state index in [2.05, 4.69) is 9.84 Å². The predicted octanol–water partition coefficient (Wildman–Crippen LogP) is 1.38. The van der Waals surface area contributed by atoms with Crippen molar-refractivity contribution in [3.63, 3.8) is 0 Å². The monoisotopic (exact) mass is 286 g/mol. The minimum absolute atomic E-state index is 0.211. The summed E-state index contributed by atoms with van der Waals surface area (Å²) in [5.74, 6) is -3.99. The Morgan fingerprint density at radius 1 is 1.47 bits per heavy atom. The van der Waals surface area contributed by atoms with Crippen LogP contribution in [-0.2, 0) is 11.8 Å². The third-order valence-electron chi connectivity index (χ3n) is 2.37. The molecular weight excluding hydrogens is 272 g/mol. The molecule has 0 spiro atoms. The Morgan fingerprint density at radius 2 is 2.11 bits per heavy atom. The van der Waals surface area contributed by atoms with E-state index in [1.807, 2.05) is 0 Å². The second kappa shape index (κ2) is 6.20. The van der Waals surface area contributed by atoms with E-state index < -0.39 is 31.7 Å². The van der Waals surface area contributed by atoms with E-state index in [9.17, 15) is 22.7 Å². The van der Waals surface area contributed by atoms with Crippen molar-refractivity contribution in [2.75, 3.05) is 20.3 Å². The SMILES string of the molecule is COc1cnn(C)c1C(O)COCC(F)(F)C(F)F. The summed E-state index contributed by atoms with van der Waals surface area (Å²) >= 11 is 0. The second-order valence-corrected chi connectivity index (χ2v) is 3.81. The Balaban J connectivity index is 2.56. The van der Waals surface area contributed by atoms with Gasteiger partial charge in [-0.3, -0.25) is 4.68 Å². The number of nitrogens with zero attached hydrogens (tertiary/aromatic N) is 2. The quantitative estimate of drug-likeness (QED) is 0.769. The lowest BCUT2D eigenvalue weighted by Gasteiger charge is -2.17. The molecule has 0 saturated heterocycles. The molecule has 0 amide bonds. The van der Waals surface area contributed by atoms with Gasteiger partial charge in [0.1, 0.15) is 18.4 Å². The molecule has 0 bridgehead atoms. The Kier molecular flexibility index (Phi) is 5.12. The van der Waals surface area contributed by atoms with Gasteiger partial charge >= 0.3 is 12.3 Å². The number of rotatable bonds is 7. The zero-order chi connectivity index (χ0) is 14.6. The molecule has 0 aliphatic heterocycles. The van der Waals surface area contributed by atoms with Gasteiger partial charge in [-0.15, -0.1) is 0 Å². The number of methoxy groups -OCH3 is 1. The maximum absolute atomic E-state index is 12.6. The highest BCUT2D eigenvalue weighted by Gasteiger charge is 2.41. The van der Waals surface area contributed by atoms with Gasteiger partial charge in [0.2, 0.25) is 0 Å². The van der Waals surface area contributed by atoms with E-state index in [0.29, 0.717) is 0 Å². The number of halogens is 4. The van der Waals surface area contributed by atoms with Crippen molar-refractivity contribution >= 4 is 0 Å². The summed E-state index contributed by atoms with van der Waals surface area (Å²) in [5.41, 5.74) is 0.211. The molecule has 0 saturated carbocycles. The lowest BCUT2D eigenvalue weighted by atomic mass is 10.2. The van der Waals surface area contributed by atoms with Gasteiger partial charge in [0.05, 0.1) is 19.9 Å². The van der Waals surface area contributed by atoms with Crippen LogP contribution in [0.4, 0.5) is 17.6 Å². The van der Waals surface area contributed by atoms with Gasteiger partial charge in [0, 0.05) is 7.05 Å². The molecule has 1 rings (SSSR count). The highest BCUT2D eigenvalue weighted by Crippen LogP contribution is 2.26. The molecule has 0 aliphatic rings. The van der Waals surface area contributed by atoms with Crippen molar-refractivity contribution in [2.24, 2.45) is 7.05 Å². The van der Waals surface area contributed by atoms with E-state index in [0.717, 1.165) is 0 Å². The molecule has 110 valence electrons. The minimum atomic E-state index is -4.24. The summed E-state index contributed by atoms with van der Waals surface area (Å²) in [7, 11) is 2.86. The molecular formula is C10H14F4N2O3. The van der Waals surface area contributed by atoms with E-state index in [1.165, 1.54) is 25.0 Å². The average Bonchev–Trinajstić information content (AvgIpc) is 2.69. The summed E-state index contributed by atoms with van der Waals surface area (Å²) in [6.45, 7) is -2.04. The van der Waals surface area contributed by atoms with Crippen LogP contribution in [0, 0.1) is 0 Å². The van der Waals surface area contributed by atoms with Crippen molar-refractivity contribution in [3.05, 3.63) is 11.9 Å². The smallest absolute Gasteiger partial charge is 0.330 e. The summed E-state index contributed by atoms with van der Waals surface area (Å²) in [6.07, 6.45) is -3.79. The molecule has 1 aromatic heterocycles. The second-order valence-electron chi connectivity index (χ2n) is 3.81. The van der Waals surface area contributed by atoms with Gasteiger partial charge in [-0.1, -0.05) is 0 Å². The van der Waals surface area contributed by atoms with Gasteiger partial charge in [-0.25, -0.2) is 8.78 Å². The Bertz CT molecular complexity index is 411. The van der Waals surface area contributed by atoms with Crippen LogP contribution in [0.25, 0.3) is 0 Å². The molecule has 5 nitrogen and oxygen atoms in total. The van der Waals surface area contributed by atoms with Crippen LogP contribution in [-0.4, -0.2) is 47.6 Å². The van der Waals surface area contributed by atoms with Crippen LogP contribution >= 0.6 is 0 Å². The zero-order valence-electron chi connectivity index (χ0n) is 10.3. The molecule has 9 heteroatoms. The molecule has 1 atom stereocenters. The fourth-order valence-corrected chi connectivity index (χ4v) is 1.41. The molecule has 0 aromatic carbocycles. The molecule has 1 N–H and O–H groups in total. The molecule has 1 unspecified atom stereocenters. The van der Waals surface area contributed by atoms with Crippen LogP contribution in [0.15, 0.2) is 6.20 Å². The van der Waals surface area contributed by atoms with Crippen molar-refractivity contribution in [2.45, 2.75) is 18.5 Å². The molecule has 0 radical (unpaired) electrons. The Morgan fingerprint density at radius 3 is 2.63 bits per heavy atom. The molecule has 19 heavy (non-hydrogen) atoms. The third-order valence-corrected chi connectivity index (χ3v) is 2.37. The first-order valence-electron chi connectivity index (χ1n) is 5.27. The Hall–Kier alpha value is -1.35. The molecule has 0 fully saturated rings. The van der Waals surface area contributed by atoms with Gasteiger partial charge in [-0.05, 0) is 0 Å². The fourth-order valence-electron chi connectivity index (χ4n) is 1.41. The van der Waals surface area contributed by atoms with E-state index in [4.69, 9.17) is 4.74 Å². The topological polar surface area (TPSA) is 56.5 Å². The molecule has 1 heterocycles. The first-order chi connectivity index (χ1) is 8.79. The van der Waals surface area contributed by atoms with Crippen LogP contribution in [0.3, 0.4) is 0 Å². The third kappa shape index (κ3) is 3.80. The van der Waals surface area contributed by atoms with Gasteiger partial charge in [0.25, 0.3) is 0 Å². The van der Waals surface area contributed by atoms with E-state index in [1.54, 1.807) is 0 Å². The molecule has 0 aliphatic carbocycles. The van der Waals surface area contributed by atoms with Crippen molar-refractivity contribution in [1.29, 1.82) is 0 Å². The standard InChI is InChI=1S/C10H14F4N2O3/c1-16-8(7(18-2)3-15-16)6(17)4-19-5-10(13,14)9(11)12/h3,6,9,17H,4-5H2,1-2H3. The summed E-state index contributed by atoms with van der Waals surface area (Å²) < 4.78 is 59.5. The van der Waals surface area contributed by atoms with Crippen LogP contribution < -0.4 is 4.74 Å². The average molecular weight is 286 g/mol. The summed E-state index contributed by atoms with van der Waals surface area (Å²) in [4.78, 5) is 0. The van der Waals surface area contributed by atoms with E-state index in [-0.39, 0.29) is 11.4 Å². The van der Waals surface area contributed by atoms with Crippen molar-refractivity contribution < 1.29 is 32.1 Å². The van der Waals surface area contributed by atoms with Crippen LogP contribution in [0.1, 0.15) is 11.8 Å². The summed E-state index contributed by atoms with van der Waals surface area (Å²) in [5, 5.41) is 13.5. The zero-order valence-corrected chi connectivity index (χ0v) is 10.3. The number of hydrogen-bond donors (Lipinski definition) is 1. The normalized spacial score (nSPS) is 13.9. The van der Waals surface area contributed by atoms with Crippen molar-refractivity contribution in [3.8, 4) is 5.75 Å². The minimum Gasteiger partial charge on any atom is -0.493 e. The number of aliphatic hydroxyl groups is 1. The number of alkyl halides is 4. The number of hydrogen-bond acceptors (Lipinski definition) is 4. The number of aliphatic hydroxyl groups excluding tert-OH is 1. The lowest BCUT2D eigenvalue weighted by molar-refractivity contribution is -0.171. The predicted molar refractivity (Wildman–Crippen MR) is 56.5 cm³/mol. The Labute approximate surface area is 106 Å². The number of aryl methyl sites for hydroxylation is 1. The fraction of sp³-hybridized carbons (Fsp3) is 0.700. The first kappa shape index (κ1) is 15.7. The summed E-state index contributed by atoms with van der Waals surface area (Å²) in [6, 6.07) is 0. The highest BCUT2D eigenvalue weighted by molar-refractivity contribution is 5.27. The van der Waals surface area contributed by atoms with E-state index >= 15 is 0 Å².